The van der Waals surface area contributed by atoms with Crippen LogP contribution in [0.15, 0.2) is 24.3 Å². The molecule has 0 amide bonds. The van der Waals surface area contributed by atoms with Gasteiger partial charge in [0.15, 0.2) is 0 Å². The van der Waals surface area contributed by atoms with Crippen LogP contribution in [0, 0.1) is 10.8 Å². The predicted molar refractivity (Wildman–Crippen MR) is 66.4 cm³/mol. The standard InChI is InChI=1S/C14H24.H2/c1-11(2)13(4,5)14(6)10-8-7-9-12(14)3;/h1,3,7-10H2,2,4-6H3;1H. The summed E-state index contributed by atoms with van der Waals surface area (Å²) in [5.74, 6) is 0. The van der Waals surface area contributed by atoms with Crippen LogP contribution < -0.4 is 0 Å². The van der Waals surface area contributed by atoms with E-state index in [1.165, 1.54) is 36.8 Å². The molecule has 0 nitrogen and oxygen atoms in total. The third-order valence-electron chi connectivity index (χ3n) is 4.63. The summed E-state index contributed by atoms with van der Waals surface area (Å²) in [5.41, 5.74) is 3.15. The summed E-state index contributed by atoms with van der Waals surface area (Å²) in [5, 5.41) is 0. The first-order valence-corrected chi connectivity index (χ1v) is 5.66. The Balaban J connectivity index is 0.00000196. The third kappa shape index (κ3) is 1.55. The van der Waals surface area contributed by atoms with Gasteiger partial charge in [-0.2, -0.15) is 0 Å². The van der Waals surface area contributed by atoms with Gasteiger partial charge >= 0.3 is 0 Å². The average Bonchev–Trinajstić information content (AvgIpc) is 2.09. The molecule has 14 heavy (non-hydrogen) atoms. The van der Waals surface area contributed by atoms with Gasteiger partial charge in [0.05, 0.1) is 0 Å². The Hall–Kier alpha value is -0.520. The van der Waals surface area contributed by atoms with Crippen LogP contribution in [0.3, 0.4) is 0 Å². The molecule has 0 aromatic heterocycles. The fourth-order valence-electron chi connectivity index (χ4n) is 2.50. The van der Waals surface area contributed by atoms with Gasteiger partial charge in [-0.3, -0.25) is 0 Å². The fraction of sp³-hybridized carbons (Fsp3) is 0.714. The molecule has 82 valence electrons. The molecule has 0 spiro atoms. The van der Waals surface area contributed by atoms with Crippen LogP contribution in [0.4, 0.5) is 0 Å². The van der Waals surface area contributed by atoms with Gasteiger partial charge in [0, 0.05) is 1.43 Å². The van der Waals surface area contributed by atoms with E-state index >= 15 is 0 Å². The van der Waals surface area contributed by atoms with Crippen molar-refractivity contribution in [2.75, 3.05) is 0 Å². The molecule has 1 saturated carbocycles. The summed E-state index contributed by atoms with van der Waals surface area (Å²) < 4.78 is 0. The molecule has 0 bridgehead atoms. The lowest BCUT2D eigenvalue weighted by Crippen LogP contribution is -2.39. The molecule has 1 aliphatic rings. The quantitative estimate of drug-likeness (QED) is 0.544. The summed E-state index contributed by atoms with van der Waals surface area (Å²) in [6, 6.07) is 0. The predicted octanol–water partition coefficient (Wildman–Crippen LogP) is 4.97. The molecule has 1 rings (SSSR count). The molecule has 0 heterocycles. The first-order valence-electron chi connectivity index (χ1n) is 5.66. The highest BCUT2D eigenvalue weighted by Gasteiger charge is 2.44. The van der Waals surface area contributed by atoms with E-state index in [1.807, 2.05) is 0 Å². The minimum absolute atomic E-state index is 0. The summed E-state index contributed by atoms with van der Waals surface area (Å²) in [4.78, 5) is 0. The van der Waals surface area contributed by atoms with E-state index in [0.717, 1.165) is 0 Å². The largest absolute Gasteiger partial charge is 0.0996 e. The van der Waals surface area contributed by atoms with Crippen LogP contribution in [-0.2, 0) is 0 Å². The Labute approximate surface area is 90.6 Å². The van der Waals surface area contributed by atoms with Gasteiger partial charge in [0.2, 0.25) is 0 Å². The smallest absolute Gasteiger partial charge is 0 e. The average molecular weight is 194 g/mol. The second-order valence-electron chi connectivity index (χ2n) is 5.55. The van der Waals surface area contributed by atoms with E-state index in [0.29, 0.717) is 0 Å². The van der Waals surface area contributed by atoms with Crippen molar-refractivity contribution in [2.24, 2.45) is 10.8 Å². The van der Waals surface area contributed by atoms with Gasteiger partial charge in [-0.1, -0.05) is 51.5 Å². The van der Waals surface area contributed by atoms with Crippen molar-refractivity contribution in [2.45, 2.75) is 53.4 Å². The van der Waals surface area contributed by atoms with Crippen molar-refractivity contribution in [3.8, 4) is 0 Å². The van der Waals surface area contributed by atoms with Crippen molar-refractivity contribution < 1.29 is 1.43 Å². The first kappa shape index (κ1) is 11.6. The van der Waals surface area contributed by atoms with Crippen LogP contribution in [0.5, 0.6) is 0 Å². The van der Waals surface area contributed by atoms with E-state index < -0.39 is 0 Å². The molecule has 0 heteroatoms. The van der Waals surface area contributed by atoms with Gasteiger partial charge in [0.1, 0.15) is 0 Å². The van der Waals surface area contributed by atoms with Gasteiger partial charge in [-0.05, 0) is 37.0 Å². The molecule has 0 saturated heterocycles. The topological polar surface area (TPSA) is 0 Å². The Morgan fingerprint density at radius 2 is 2.00 bits per heavy atom. The molecule has 0 aromatic rings. The molecule has 0 radical (unpaired) electrons. The third-order valence-corrected chi connectivity index (χ3v) is 4.63. The van der Waals surface area contributed by atoms with Gasteiger partial charge < -0.3 is 0 Å². The van der Waals surface area contributed by atoms with Crippen molar-refractivity contribution in [3.05, 3.63) is 24.3 Å². The molecule has 1 atom stereocenters. The summed E-state index contributed by atoms with van der Waals surface area (Å²) >= 11 is 0. The highest BCUT2D eigenvalue weighted by molar-refractivity contribution is 5.23. The van der Waals surface area contributed by atoms with Crippen molar-refractivity contribution in [1.82, 2.24) is 0 Å². The molecule has 1 unspecified atom stereocenters. The maximum Gasteiger partial charge on any atom is 0 e. The first-order chi connectivity index (χ1) is 6.32. The molecule has 0 aromatic carbocycles. The number of rotatable bonds is 2. The highest BCUT2D eigenvalue weighted by atomic mass is 14.5. The second kappa shape index (κ2) is 3.56. The lowest BCUT2D eigenvalue weighted by molar-refractivity contribution is 0.135. The van der Waals surface area contributed by atoms with Crippen LogP contribution >= 0.6 is 0 Å². The Morgan fingerprint density at radius 3 is 2.43 bits per heavy atom. The van der Waals surface area contributed by atoms with Crippen LogP contribution in [0.1, 0.15) is 54.8 Å². The fourth-order valence-corrected chi connectivity index (χ4v) is 2.50. The number of allylic oxidation sites excluding steroid dienone is 2. The van der Waals surface area contributed by atoms with Crippen LogP contribution in [0.25, 0.3) is 0 Å². The van der Waals surface area contributed by atoms with E-state index in [1.54, 1.807) is 0 Å². The number of hydrogen-bond acceptors (Lipinski definition) is 0. The maximum absolute atomic E-state index is 4.27. The monoisotopic (exact) mass is 194 g/mol. The van der Waals surface area contributed by atoms with Gasteiger partial charge in [0.25, 0.3) is 0 Å². The molecule has 0 N–H and O–H groups in total. The maximum atomic E-state index is 4.27. The van der Waals surface area contributed by atoms with E-state index in [4.69, 9.17) is 0 Å². The summed E-state index contributed by atoms with van der Waals surface area (Å²) in [7, 11) is 0. The Morgan fingerprint density at radius 1 is 1.43 bits per heavy atom. The summed E-state index contributed by atoms with van der Waals surface area (Å²) in [6.45, 7) is 17.5. The van der Waals surface area contributed by atoms with Crippen molar-refractivity contribution >= 4 is 0 Å². The molecule has 1 fully saturated rings. The Bertz CT molecular complexity index is 263. The van der Waals surface area contributed by atoms with Crippen molar-refractivity contribution in [3.63, 3.8) is 0 Å². The zero-order valence-electron chi connectivity index (χ0n) is 10.2. The summed E-state index contributed by atoms with van der Waals surface area (Å²) in [6.07, 6.45) is 5.13. The lowest BCUT2D eigenvalue weighted by atomic mass is 9.55. The van der Waals surface area contributed by atoms with Crippen LogP contribution in [-0.4, -0.2) is 0 Å². The van der Waals surface area contributed by atoms with Gasteiger partial charge in [-0.15, -0.1) is 0 Å². The minimum Gasteiger partial charge on any atom is -0.0996 e. The SMILES string of the molecule is C=C(C)C(C)(C)C1(C)CCCCC1=C.[HH]. The zero-order chi connectivity index (χ0) is 11.0. The molecular weight excluding hydrogens is 168 g/mol. The molecule has 0 aliphatic heterocycles. The van der Waals surface area contributed by atoms with Crippen LogP contribution in [0.2, 0.25) is 0 Å². The van der Waals surface area contributed by atoms with E-state index in [9.17, 15) is 0 Å². The highest BCUT2D eigenvalue weighted by Crippen LogP contribution is 2.54. The van der Waals surface area contributed by atoms with Crippen molar-refractivity contribution in [1.29, 1.82) is 0 Å². The Kier molecular flexibility index (Phi) is 2.94. The molecular formula is C14H26. The van der Waals surface area contributed by atoms with E-state index in [-0.39, 0.29) is 12.3 Å². The lowest BCUT2D eigenvalue weighted by Gasteiger charge is -2.49. The minimum atomic E-state index is 0. The molecule has 1 aliphatic carbocycles. The van der Waals surface area contributed by atoms with E-state index in [2.05, 4.69) is 40.9 Å². The normalized spacial score (nSPS) is 29.0. The second-order valence-corrected chi connectivity index (χ2v) is 5.55. The number of hydrogen-bond donors (Lipinski definition) is 0. The zero-order valence-corrected chi connectivity index (χ0v) is 10.2. The van der Waals surface area contributed by atoms with Gasteiger partial charge in [-0.25, -0.2) is 0 Å².